The van der Waals surface area contributed by atoms with Gasteiger partial charge >= 0.3 is 12.1 Å². The number of carbonyl (C=O) groups excluding carboxylic acids is 6. The average molecular weight is 840 g/mol. The molecule has 0 bridgehead atoms. The van der Waals surface area contributed by atoms with Crippen molar-refractivity contribution in [1.29, 1.82) is 0 Å². The number of hydrogen-bond acceptors (Lipinski definition) is 14. The summed E-state index contributed by atoms with van der Waals surface area (Å²) >= 11 is 0. The number of phenols is 1. The number of allylic oxidation sites excluding steroid dienone is 1. The van der Waals surface area contributed by atoms with Crippen LogP contribution in [0.3, 0.4) is 0 Å². The van der Waals surface area contributed by atoms with E-state index in [9.17, 15) is 49.2 Å². The number of nitrogens with two attached hydrogens (primary N) is 1. The molecule has 17 nitrogen and oxygen atoms in total. The number of benzene rings is 3. The topological polar surface area (TPSA) is 250 Å². The van der Waals surface area contributed by atoms with E-state index in [-0.39, 0.29) is 41.8 Å². The van der Waals surface area contributed by atoms with Gasteiger partial charge in [-0.15, -0.1) is 0 Å². The number of likely N-dealkylation sites (N-methyl/N-ethyl adjacent to an activating group) is 1. The van der Waals surface area contributed by atoms with Gasteiger partial charge in [-0.05, 0) is 74.2 Å². The molecule has 0 spiro atoms. The highest BCUT2D eigenvalue weighted by atomic mass is 16.7. The molecule has 3 aromatic rings. The number of phenolic OH excluding ortho intramolecular Hbond substituents is 1. The molecular formula is C44H49N5O12. The zero-order chi connectivity index (χ0) is 44.5. The molecule has 0 saturated heterocycles. The van der Waals surface area contributed by atoms with Crippen LogP contribution >= 0.6 is 0 Å². The fourth-order valence-corrected chi connectivity index (χ4v) is 8.48. The normalized spacial score (nSPS) is 20.7. The number of carbonyl (C=O) groups is 6. The Labute approximate surface area is 351 Å². The van der Waals surface area contributed by atoms with Gasteiger partial charge in [-0.2, -0.15) is 0 Å². The van der Waals surface area contributed by atoms with Crippen LogP contribution in [0.2, 0.25) is 0 Å². The predicted octanol–water partition coefficient (Wildman–Crippen LogP) is 3.85. The second-order valence-corrected chi connectivity index (χ2v) is 15.7. The van der Waals surface area contributed by atoms with E-state index in [2.05, 4.69) is 5.32 Å². The predicted molar refractivity (Wildman–Crippen MR) is 222 cm³/mol. The third kappa shape index (κ3) is 8.13. The van der Waals surface area contributed by atoms with Crippen LogP contribution in [0.5, 0.6) is 5.75 Å². The number of hydrogen-bond donors (Lipinski definition) is 6. The Morgan fingerprint density at radius 2 is 1.59 bits per heavy atom. The van der Waals surface area contributed by atoms with Gasteiger partial charge in [0.2, 0.25) is 18.5 Å². The van der Waals surface area contributed by atoms with Crippen molar-refractivity contribution in [1.82, 2.24) is 9.80 Å². The minimum atomic E-state index is -2.82. The zero-order valence-corrected chi connectivity index (χ0v) is 34.4. The largest absolute Gasteiger partial charge is 0.510 e. The van der Waals surface area contributed by atoms with Gasteiger partial charge in [0.15, 0.2) is 17.1 Å². The molecule has 0 saturated carbocycles. The summed E-state index contributed by atoms with van der Waals surface area (Å²) in [7, 11) is 6.44. The molecule has 6 rings (SSSR count). The fourth-order valence-electron chi connectivity index (χ4n) is 8.48. The lowest BCUT2D eigenvalue weighted by atomic mass is 9.58. The highest BCUT2D eigenvalue weighted by Crippen LogP contribution is 2.54. The molecule has 3 aliphatic carbocycles. The molecule has 0 fully saturated rings. The number of esters is 1. The third-order valence-electron chi connectivity index (χ3n) is 11.4. The monoisotopic (exact) mass is 839 g/mol. The highest BCUT2D eigenvalue weighted by Gasteiger charge is 2.63. The van der Waals surface area contributed by atoms with Crippen LogP contribution in [-0.2, 0) is 30.3 Å². The number of nitrogens with one attached hydrogen (secondary N) is 1. The van der Waals surface area contributed by atoms with Crippen molar-refractivity contribution in [2.45, 2.75) is 44.2 Å². The van der Waals surface area contributed by atoms with Crippen molar-refractivity contribution < 1.29 is 58.7 Å². The summed E-state index contributed by atoms with van der Waals surface area (Å²) in [4.78, 5) is 84.0. The molecule has 3 aromatic carbocycles. The summed E-state index contributed by atoms with van der Waals surface area (Å²) in [5.41, 5.74) is 3.68. The SMILES string of the molecule is CCCCN(CC(=O)Nc1cc(N(C)C)c2c(c1O)C(=O)C1=C(O)[C@]3(O)C(=O)C(C(N)=O)=C(O)[C@@H](N(C)C)[C@@H]3C[C@@H]1C2)C(=O)OCOC(=O)c1ccc(-c2ccccc2)cc1. The lowest BCUT2D eigenvalue weighted by Crippen LogP contribution is -2.63. The van der Waals surface area contributed by atoms with E-state index in [1.54, 1.807) is 57.4 Å². The molecule has 0 unspecified atom stereocenters. The molecule has 0 radical (unpaired) electrons. The van der Waals surface area contributed by atoms with E-state index in [1.165, 1.54) is 11.0 Å². The maximum Gasteiger partial charge on any atom is 0.413 e. The Morgan fingerprint density at radius 1 is 0.934 bits per heavy atom. The van der Waals surface area contributed by atoms with Crippen LogP contribution in [0.4, 0.5) is 16.2 Å². The van der Waals surface area contributed by atoms with Crippen LogP contribution in [0.1, 0.15) is 52.5 Å². The lowest BCUT2D eigenvalue weighted by Gasteiger charge is -2.50. The second-order valence-electron chi connectivity index (χ2n) is 15.7. The van der Waals surface area contributed by atoms with Gasteiger partial charge in [0.25, 0.3) is 5.91 Å². The smallest absolute Gasteiger partial charge is 0.413 e. The summed E-state index contributed by atoms with van der Waals surface area (Å²) in [6, 6.07) is 16.6. The molecule has 0 heterocycles. The lowest BCUT2D eigenvalue weighted by molar-refractivity contribution is -0.148. The van der Waals surface area contributed by atoms with Crippen molar-refractivity contribution in [2.24, 2.45) is 17.6 Å². The van der Waals surface area contributed by atoms with Crippen molar-refractivity contribution in [3.05, 3.63) is 100 Å². The van der Waals surface area contributed by atoms with Gasteiger partial charge in [0, 0.05) is 37.8 Å². The van der Waals surface area contributed by atoms with Crippen molar-refractivity contribution in [3.8, 4) is 16.9 Å². The summed E-state index contributed by atoms with van der Waals surface area (Å²) in [6.07, 6.45) is 0.127. The highest BCUT2D eigenvalue weighted by molar-refractivity contribution is 6.25. The first-order valence-electron chi connectivity index (χ1n) is 19.7. The van der Waals surface area contributed by atoms with Crippen molar-refractivity contribution in [2.75, 3.05) is 58.3 Å². The first-order chi connectivity index (χ1) is 28.9. The summed E-state index contributed by atoms with van der Waals surface area (Å²) in [5, 5.41) is 48.9. The number of aliphatic hydroxyl groups is 3. The zero-order valence-electron chi connectivity index (χ0n) is 34.4. The number of Topliss-reactive ketones (excluding diaryl/α,β-unsaturated/α-hetero) is 2. The minimum Gasteiger partial charge on any atom is -0.510 e. The van der Waals surface area contributed by atoms with Gasteiger partial charge in [-0.25, -0.2) is 9.59 Å². The number of rotatable bonds is 13. The Kier molecular flexibility index (Phi) is 12.6. The second kappa shape index (κ2) is 17.5. The number of primary amides is 1. The Balaban J connectivity index is 1.21. The minimum absolute atomic E-state index is 0.0318. The van der Waals surface area contributed by atoms with Gasteiger partial charge in [0.1, 0.15) is 23.6 Å². The molecule has 322 valence electrons. The van der Waals surface area contributed by atoms with Gasteiger partial charge in [0.05, 0.1) is 22.9 Å². The quantitative estimate of drug-likeness (QED) is 0.0620. The van der Waals surface area contributed by atoms with Crippen molar-refractivity contribution >= 4 is 46.8 Å². The molecule has 3 amide bonds. The standard InChI is InChI=1S/C44H49N5O12/c1-6-7-17-49(43(58)61-22-60-42(57)25-15-13-24(14-16-25)23-11-9-8-10-12-23)21-31(50)46-29-20-30(47(2)3)27-18-26-19-28-35(48(4)5)38(53)34(41(45)56)40(55)44(28,59)39(54)32(26)37(52)33(27)36(29)51/h8-16,20,26,28,35,51,53-54,59H,6-7,17-19,21-22H2,1-5H3,(H2,45,56)(H,46,50)/t26-,28-,35-,44-/m0/s1. The fraction of sp³-hybridized carbons (Fsp3) is 0.364. The van der Waals surface area contributed by atoms with E-state index in [0.717, 1.165) is 16.0 Å². The number of ether oxygens (including phenoxy) is 2. The number of amides is 3. The summed E-state index contributed by atoms with van der Waals surface area (Å²) in [5.74, 6) is -9.51. The maximum absolute atomic E-state index is 14.4. The van der Waals surface area contributed by atoms with Crippen LogP contribution in [0.25, 0.3) is 11.1 Å². The Bertz CT molecular complexity index is 2340. The molecule has 17 heteroatoms. The van der Waals surface area contributed by atoms with Gasteiger partial charge in [-0.3, -0.25) is 29.0 Å². The number of fused-ring (bicyclic) bond motifs is 3. The molecular weight excluding hydrogens is 791 g/mol. The van der Waals surface area contributed by atoms with Gasteiger partial charge < -0.3 is 45.9 Å². The number of aromatic hydroxyl groups is 1. The van der Waals surface area contributed by atoms with Crippen LogP contribution in [0.15, 0.2) is 83.3 Å². The van der Waals surface area contributed by atoms with Crippen LogP contribution in [0, 0.1) is 11.8 Å². The molecule has 0 aromatic heterocycles. The summed E-state index contributed by atoms with van der Waals surface area (Å²) < 4.78 is 10.4. The Hall–Kier alpha value is -6.72. The van der Waals surface area contributed by atoms with E-state index >= 15 is 0 Å². The molecule has 61 heavy (non-hydrogen) atoms. The Morgan fingerprint density at radius 3 is 2.20 bits per heavy atom. The van der Waals surface area contributed by atoms with E-state index in [4.69, 9.17) is 15.2 Å². The summed E-state index contributed by atoms with van der Waals surface area (Å²) in [6.45, 7) is 0.677. The van der Waals surface area contributed by atoms with Crippen LogP contribution < -0.4 is 16.0 Å². The molecule has 7 N–H and O–H groups in total. The molecule has 0 aliphatic heterocycles. The number of aliphatic hydroxyl groups excluding tert-OH is 2. The average Bonchev–Trinajstić information content (AvgIpc) is 3.21. The van der Waals surface area contributed by atoms with Gasteiger partial charge in [-0.1, -0.05) is 55.8 Å². The number of ketones is 2. The van der Waals surface area contributed by atoms with E-state index in [1.807, 2.05) is 37.3 Å². The van der Waals surface area contributed by atoms with Crippen LogP contribution in [-0.4, -0.2) is 125 Å². The van der Waals surface area contributed by atoms with Crippen molar-refractivity contribution in [3.63, 3.8) is 0 Å². The first-order valence-corrected chi connectivity index (χ1v) is 19.7. The maximum atomic E-state index is 14.4. The number of nitrogens with zero attached hydrogens (tertiary/aromatic N) is 3. The number of anilines is 2. The third-order valence-corrected chi connectivity index (χ3v) is 11.4. The molecule has 3 aliphatic rings. The first kappa shape index (κ1) is 43.8. The number of unbranched alkanes of at least 4 members (excludes halogenated alkanes) is 1. The van der Waals surface area contributed by atoms with E-state index < -0.39 is 95.1 Å². The molecule has 4 atom stereocenters. The van der Waals surface area contributed by atoms with E-state index in [0.29, 0.717) is 24.1 Å².